The average molecular weight is 454 g/mol. The second-order valence-corrected chi connectivity index (χ2v) is 9.13. The summed E-state index contributed by atoms with van der Waals surface area (Å²) in [6.45, 7) is -0.0392. The highest BCUT2D eigenvalue weighted by Gasteiger charge is 2.35. The van der Waals surface area contributed by atoms with Gasteiger partial charge in [0.05, 0.1) is 21.1 Å². The first kappa shape index (κ1) is 20.2. The number of carbonyl (C=O) groups excluding carboxylic acids is 1. The monoisotopic (exact) mass is 453 g/mol. The molecule has 0 amide bonds. The third-order valence-corrected chi connectivity index (χ3v) is 7.01. The maximum Gasteiger partial charge on any atom is 0.310 e. The van der Waals surface area contributed by atoms with Crippen LogP contribution in [0.2, 0.25) is 5.02 Å². The van der Waals surface area contributed by atoms with Gasteiger partial charge in [0.25, 0.3) is 5.89 Å². The van der Waals surface area contributed by atoms with Gasteiger partial charge in [-0.3, -0.25) is 4.79 Å². The van der Waals surface area contributed by atoms with Crippen LogP contribution in [0.15, 0.2) is 52.9 Å². The first-order valence-electron chi connectivity index (χ1n) is 10.3. The number of hydrogen-bond donors (Lipinski definition) is 0. The summed E-state index contributed by atoms with van der Waals surface area (Å²) in [6, 6.07) is 15.2. The molecular weight excluding hydrogens is 434 g/mol. The Kier molecular flexibility index (Phi) is 5.70. The van der Waals surface area contributed by atoms with Crippen LogP contribution in [0.1, 0.15) is 42.5 Å². The molecule has 0 saturated heterocycles. The smallest absolute Gasteiger partial charge is 0.310 e. The van der Waals surface area contributed by atoms with E-state index in [4.69, 9.17) is 25.7 Å². The van der Waals surface area contributed by atoms with Crippen LogP contribution in [0, 0.1) is 5.92 Å². The van der Waals surface area contributed by atoms with Crippen LogP contribution in [0.25, 0.3) is 21.7 Å². The molecule has 1 aliphatic rings. The quantitative estimate of drug-likeness (QED) is 0.344. The van der Waals surface area contributed by atoms with Crippen LogP contribution >= 0.6 is 22.9 Å². The molecule has 5 rings (SSSR count). The Balaban J connectivity index is 1.27. The molecule has 158 valence electrons. The highest BCUT2D eigenvalue weighted by Crippen LogP contribution is 2.41. The largest absolute Gasteiger partial charge is 0.455 e. The molecule has 1 saturated carbocycles. The van der Waals surface area contributed by atoms with Crippen molar-refractivity contribution in [2.24, 2.45) is 5.92 Å². The van der Waals surface area contributed by atoms with Gasteiger partial charge >= 0.3 is 5.97 Å². The number of carbonyl (C=O) groups is 1. The Morgan fingerprint density at radius 1 is 1.10 bits per heavy atom. The Hall–Kier alpha value is -2.77. The van der Waals surface area contributed by atoms with Crippen molar-refractivity contribution >= 4 is 39.1 Å². The topological polar surface area (TPSA) is 78.1 Å². The number of ether oxygens (including phenoxy) is 1. The number of fused-ring (bicyclic) bond motifs is 1. The second kappa shape index (κ2) is 8.77. The van der Waals surface area contributed by atoms with Crippen LogP contribution in [0.4, 0.5) is 0 Å². The number of nitrogens with zero attached hydrogens (tertiary/aromatic N) is 3. The maximum absolute atomic E-state index is 12.9. The molecule has 6 nitrogen and oxygen atoms in total. The fraction of sp³-hybridized carbons (Fsp3) is 0.304. The highest BCUT2D eigenvalue weighted by molar-refractivity contribution is 7.18. The van der Waals surface area contributed by atoms with Crippen LogP contribution in [-0.4, -0.2) is 21.2 Å². The van der Waals surface area contributed by atoms with Crippen molar-refractivity contribution in [2.45, 2.75) is 38.2 Å². The number of hydrogen-bond acceptors (Lipinski definition) is 7. The molecule has 2 aromatic heterocycles. The van der Waals surface area contributed by atoms with Gasteiger partial charge in [0, 0.05) is 16.5 Å². The fourth-order valence-electron chi connectivity index (χ4n) is 4.02. The van der Waals surface area contributed by atoms with E-state index >= 15 is 0 Å². The van der Waals surface area contributed by atoms with Gasteiger partial charge < -0.3 is 9.15 Å². The Morgan fingerprint density at radius 3 is 2.74 bits per heavy atom. The van der Waals surface area contributed by atoms with E-state index in [-0.39, 0.29) is 30.3 Å². The maximum atomic E-state index is 12.9. The van der Waals surface area contributed by atoms with Gasteiger partial charge in [-0.15, -0.1) is 21.5 Å². The molecule has 0 bridgehead atoms. The van der Waals surface area contributed by atoms with Gasteiger partial charge in [0.15, 0.2) is 6.61 Å². The normalized spacial score (nSPS) is 18.9. The van der Waals surface area contributed by atoms with Crippen LogP contribution in [0.5, 0.6) is 0 Å². The van der Waals surface area contributed by atoms with Crippen molar-refractivity contribution < 1.29 is 13.9 Å². The Labute approximate surface area is 188 Å². The number of halogens is 1. The van der Waals surface area contributed by atoms with Crippen LogP contribution in [-0.2, 0) is 16.1 Å². The summed E-state index contributed by atoms with van der Waals surface area (Å²) in [5.41, 5.74) is 1.75. The van der Waals surface area contributed by atoms with E-state index in [2.05, 4.69) is 16.3 Å². The predicted molar refractivity (Wildman–Crippen MR) is 119 cm³/mol. The Morgan fingerprint density at radius 2 is 1.90 bits per heavy atom. The lowest BCUT2D eigenvalue weighted by molar-refractivity contribution is -0.152. The molecule has 1 aliphatic carbocycles. The van der Waals surface area contributed by atoms with Gasteiger partial charge in [-0.05, 0) is 49.2 Å². The summed E-state index contributed by atoms with van der Waals surface area (Å²) < 4.78 is 12.4. The lowest BCUT2D eigenvalue weighted by Crippen LogP contribution is -2.27. The SMILES string of the molecule is O=C(OCc1nnc(-c2ccc(Cl)cc2)o1)C1CCCCC1c1nc2ccccc2s1. The van der Waals surface area contributed by atoms with Crippen molar-refractivity contribution in [3.8, 4) is 11.5 Å². The standard InChI is InChI=1S/C23H20ClN3O3S/c24-15-11-9-14(10-12-15)21-27-26-20(30-21)13-29-23(28)17-6-2-1-5-16(17)22-25-18-7-3-4-8-19(18)31-22/h3-4,7-12,16-17H,1-2,5-6,13H2. The number of benzene rings is 2. The van der Waals surface area contributed by atoms with Crippen molar-refractivity contribution in [3.63, 3.8) is 0 Å². The number of para-hydroxylation sites is 1. The van der Waals surface area contributed by atoms with Gasteiger partial charge in [0.1, 0.15) is 0 Å². The number of rotatable bonds is 5. The van der Waals surface area contributed by atoms with E-state index in [1.54, 1.807) is 35.6 Å². The number of thiazole rings is 1. The molecule has 2 atom stereocenters. The zero-order valence-electron chi connectivity index (χ0n) is 16.7. The van der Waals surface area contributed by atoms with Crippen molar-refractivity contribution in [2.75, 3.05) is 0 Å². The molecule has 0 spiro atoms. The average Bonchev–Trinajstić information content (AvgIpc) is 3.45. The third-order valence-electron chi connectivity index (χ3n) is 5.59. The Bertz CT molecular complexity index is 1170. The first-order valence-corrected chi connectivity index (χ1v) is 11.5. The van der Waals surface area contributed by atoms with Crippen molar-refractivity contribution in [1.82, 2.24) is 15.2 Å². The highest BCUT2D eigenvalue weighted by atomic mass is 35.5. The molecular formula is C23H20ClN3O3S. The summed E-state index contributed by atoms with van der Waals surface area (Å²) in [5.74, 6) is 0.299. The van der Waals surface area contributed by atoms with Crippen LogP contribution in [0.3, 0.4) is 0 Å². The zero-order valence-corrected chi connectivity index (χ0v) is 18.2. The minimum atomic E-state index is -0.227. The summed E-state index contributed by atoms with van der Waals surface area (Å²) in [7, 11) is 0. The van der Waals surface area contributed by atoms with Gasteiger partial charge in [-0.25, -0.2) is 4.98 Å². The van der Waals surface area contributed by atoms with Crippen molar-refractivity contribution in [1.29, 1.82) is 0 Å². The number of aromatic nitrogens is 3. The fourth-order valence-corrected chi connectivity index (χ4v) is 5.31. The van der Waals surface area contributed by atoms with E-state index in [1.165, 1.54) is 0 Å². The lowest BCUT2D eigenvalue weighted by atomic mass is 9.79. The van der Waals surface area contributed by atoms with Crippen LogP contribution < -0.4 is 0 Å². The minimum absolute atomic E-state index is 0.0392. The molecule has 1 fully saturated rings. The van der Waals surface area contributed by atoms with Gasteiger partial charge in [0.2, 0.25) is 5.89 Å². The van der Waals surface area contributed by atoms with Crippen molar-refractivity contribution in [3.05, 3.63) is 64.5 Å². The minimum Gasteiger partial charge on any atom is -0.455 e. The lowest BCUT2D eigenvalue weighted by Gasteiger charge is -2.28. The molecule has 8 heteroatoms. The zero-order chi connectivity index (χ0) is 21.2. The molecule has 2 heterocycles. The molecule has 31 heavy (non-hydrogen) atoms. The predicted octanol–water partition coefficient (Wildman–Crippen LogP) is 6.02. The summed E-state index contributed by atoms with van der Waals surface area (Å²) in [6.07, 6.45) is 3.86. The van der Waals surface area contributed by atoms with E-state index in [0.29, 0.717) is 10.9 Å². The summed E-state index contributed by atoms with van der Waals surface area (Å²) >= 11 is 7.59. The molecule has 2 unspecified atom stereocenters. The second-order valence-electron chi connectivity index (χ2n) is 7.63. The summed E-state index contributed by atoms with van der Waals surface area (Å²) in [4.78, 5) is 17.7. The van der Waals surface area contributed by atoms with Gasteiger partial charge in [-0.1, -0.05) is 36.6 Å². The third kappa shape index (κ3) is 4.34. The van der Waals surface area contributed by atoms with E-state index in [0.717, 1.165) is 46.5 Å². The van der Waals surface area contributed by atoms with E-state index < -0.39 is 0 Å². The van der Waals surface area contributed by atoms with Gasteiger partial charge in [-0.2, -0.15) is 0 Å². The molecule has 0 N–H and O–H groups in total. The number of esters is 1. The molecule has 2 aromatic carbocycles. The van der Waals surface area contributed by atoms with E-state index in [9.17, 15) is 4.79 Å². The molecule has 0 radical (unpaired) electrons. The molecule has 4 aromatic rings. The molecule has 0 aliphatic heterocycles. The first-order chi connectivity index (χ1) is 15.2. The summed E-state index contributed by atoms with van der Waals surface area (Å²) in [5, 5.41) is 9.69. The van der Waals surface area contributed by atoms with E-state index in [1.807, 2.05) is 18.2 Å².